The second-order valence-electron chi connectivity index (χ2n) is 5.78. The summed E-state index contributed by atoms with van der Waals surface area (Å²) < 4.78 is 6.01. The molecule has 1 aliphatic carbocycles. The lowest BCUT2D eigenvalue weighted by Crippen LogP contribution is -2.47. The summed E-state index contributed by atoms with van der Waals surface area (Å²) in [5, 5.41) is 19.6. The minimum Gasteiger partial charge on any atom is -0.393 e. The van der Waals surface area contributed by atoms with E-state index in [0.29, 0.717) is 19.3 Å². The highest BCUT2D eigenvalue weighted by molar-refractivity contribution is 4.91. The Balaban J connectivity index is 2.10. The molecule has 19 heavy (non-hydrogen) atoms. The second-order valence-corrected chi connectivity index (χ2v) is 5.78. The molecule has 2 N–H and O–H groups in total. The maximum Gasteiger partial charge on any atom is 0.209 e. The van der Waals surface area contributed by atoms with Crippen molar-refractivity contribution in [2.75, 3.05) is 0 Å². The third kappa shape index (κ3) is 3.01. The van der Waals surface area contributed by atoms with Crippen LogP contribution >= 0.6 is 0 Å². The Labute approximate surface area is 114 Å². The average Bonchev–Trinajstić information content (AvgIpc) is 2.62. The van der Waals surface area contributed by atoms with E-state index in [4.69, 9.17) is 14.5 Å². The molecule has 1 aliphatic heterocycles. The smallest absolute Gasteiger partial charge is 0.209 e. The first kappa shape index (κ1) is 14.9. The van der Waals surface area contributed by atoms with Crippen LogP contribution in [0, 0.1) is 5.92 Å². The highest BCUT2D eigenvalue weighted by Crippen LogP contribution is 2.46. The zero-order chi connectivity index (χ0) is 14.1. The van der Waals surface area contributed by atoms with Gasteiger partial charge in [0.15, 0.2) is 0 Å². The van der Waals surface area contributed by atoms with Crippen molar-refractivity contribution < 1.29 is 24.7 Å². The van der Waals surface area contributed by atoms with Crippen molar-refractivity contribution in [2.24, 2.45) is 5.92 Å². The van der Waals surface area contributed by atoms with Gasteiger partial charge in [0.1, 0.15) is 0 Å². The first-order valence-electron chi connectivity index (χ1n) is 6.97. The zero-order valence-corrected chi connectivity index (χ0v) is 11.7. The van der Waals surface area contributed by atoms with Gasteiger partial charge in [-0.05, 0) is 26.2 Å². The molecular weight excluding hydrogens is 248 g/mol. The second kappa shape index (κ2) is 5.50. The zero-order valence-electron chi connectivity index (χ0n) is 11.7. The van der Waals surface area contributed by atoms with Crippen LogP contribution in [-0.4, -0.2) is 34.0 Å². The Hall–Kier alpha value is -0.460. The molecule has 0 aromatic rings. The summed E-state index contributed by atoms with van der Waals surface area (Å²) in [6.45, 7) is 7.64. The van der Waals surface area contributed by atoms with E-state index in [2.05, 4.69) is 13.5 Å². The molecule has 0 aromatic heterocycles. The van der Waals surface area contributed by atoms with Crippen LogP contribution in [0.1, 0.15) is 46.0 Å². The molecule has 1 heterocycles. The Morgan fingerprint density at radius 3 is 2.47 bits per heavy atom. The van der Waals surface area contributed by atoms with Gasteiger partial charge in [-0.15, -0.1) is 6.58 Å². The molecule has 5 heteroatoms. The molecule has 1 saturated heterocycles. The maximum atomic E-state index is 9.78. The van der Waals surface area contributed by atoms with Crippen LogP contribution in [0.25, 0.3) is 0 Å². The van der Waals surface area contributed by atoms with Crippen LogP contribution in [0.15, 0.2) is 12.7 Å². The molecular formula is C14H24O5. The predicted octanol–water partition coefficient (Wildman–Crippen LogP) is 1.89. The Morgan fingerprint density at radius 1 is 1.32 bits per heavy atom. The summed E-state index contributed by atoms with van der Waals surface area (Å²) in [4.78, 5) is 10.8. The van der Waals surface area contributed by atoms with Gasteiger partial charge in [-0.3, -0.25) is 0 Å². The van der Waals surface area contributed by atoms with Crippen molar-refractivity contribution in [2.45, 2.75) is 69.7 Å². The van der Waals surface area contributed by atoms with Crippen molar-refractivity contribution in [3.05, 3.63) is 12.7 Å². The summed E-state index contributed by atoms with van der Waals surface area (Å²) in [7, 11) is 0. The first-order valence-corrected chi connectivity index (χ1v) is 6.97. The lowest BCUT2D eigenvalue weighted by atomic mass is 9.88. The maximum absolute atomic E-state index is 9.78. The minimum absolute atomic E-state index is 0.126. The number of hydrogen-bond donors (Lipinski definition) is 2. The summed E-state index contributed by atoms with van der Waals surface area (Å²) in [6, 6.07) is 0. The standard InChI is InChI=1S/C14H24O5/c1-4-6-10(5-2)13(3)17-14(19-18-13)8-11(15)7-12(16)9-14/h4,10-12,15-16H,1,5-9H2,2-3H3/t10?,11-,12+,13?,14?. The third-order valence-electron chi connectivity index (χ3n) is 4.07. The van der Waals surface area contributed by atoms with E-state index in [1.54, 1.807) is 0 Å². The number of allylic oxidation sites excluding steroid dienone is 1. The van der Waals surface area contributed by atoms with E-state index >= 15 is 0 Å². The van der Waals surface area contributed by atoms with Crippen LogP contribution in [0.3, 0.4) is 0 Å². The Bertz CT molecular complexity index is 322. The molecule has 0 aromatic carbocycles. The highest BCUT2D eigenvalue weighted by atomic mass is 17.3. The van der Waals surface area contributed by atoms with Gasteiger partial charge in [0.05, 0.1) is 12.2 Å². The van der Waals surface area contributed by atoms with Gasteiger partial charge in [-0.1, -0.05) is 13.0 Å². The highest BCUT2D eigenvalue weighted by Gasteiger charge is 2.56. The molecule has 0 radical (unpaired) electrons. The summed E-state index contributed by atoms with van der Waals surface area (Å²) in [6.07, 6.45) is 3.21. The SMILES string of the molecule is C=CCC(CC)C1(C)OOC2(C[C@H](O)C[C@H](O)C2)O1. The van der Waals surface area contributed by atoms with E-state index in [1.807, 2.05) is 13.0 Å². The summed E-state index contributed by atoms with van der Waals surface area (Å²) >= 11 is 0. The van der Waals surface area contributed by atoms with Crippen LogP contribution < -0.4 is 0 Å². The number of hydrogen-bond acceptors (Lipinski definition) is 5. The molecule has 1 spiro atoms. The molecule has 110 valence electrons. The molecule has 5 nitrogen and oxygen atoms in total. The van der Waals surface area contributed by atoms with Crippen molar-refractivity contribution in [1.29, 1.82) is 0 Å². The van der Waals surface area contributed by atoms with Gasteiger partial charge < -0.3 is 14.9 Å². The minimum atomic E-state index is -1.03. The van der Waals surface area contributed by atoms with Crippen LogP contribution in [-0.2, 0) is 14.5 Å². The predicted molar refractivity (Wildman–Crippen MR) is 68.9 cm³/mol. The average molecular weight is 272 g/mol. The molecule has 2 aliphatic rings. The largest absolute Gasteiger partial charge is 0.393 e. The fraction of sp³-hybridized carbons (Fsp3) is 0.857. The number of aliphatic hydroxyl groups excluding tert-OH is 2. The Kier molecular flexibility index (Phi) is 4.32. The van der Waals surface area contributed by atoms with Crippen LogP contribution in [0.5, 0.6) is 0 Å². The summed E-state index contributed by atoms with van der Waals surface area (Å²) in [5.41, 5.74) is 0. The quantitative estimate of drug-likeness (QED) is 0.604. The molecule has 2 rings (SSSR count). The van der Waals surface area contributed by atoms with Gasteiger partial charge in [0.2, 0.25) is 11.6 Å². The molecule has 5 atom stereocenters. The van der Waals surface area contributed by atoms with Gasteiger partial charge in [0.25, 0.3) is 0 Å². The number of rotatable bonds is 4. The Morgan fingerprint density at radius 2 is 1.95 bits per heavy atom. The van der Waals surface area contributed by atoms with E-state index in [9.17, 15) is 10.2 Å². The molecule has 0 amide bonds. The third-order valence-corrected chi connectivity index (χ3v) is 4.07. The van der Waals surface area contributed by atoms with Gasteiger partial charge >= 0.3 is 0 Å². The van der Waals surface area contributed by atoms with Gasteiger partial charge in [-0.2, -0.15) is 9.78 Å². The van der Waals surface area contributed by atoms with Crippen LogP contribution in [0.2, 0.25) is 0 Å². The topological polar surface area (TPSA) is 68.2 Å². The lowest BCUT2D eigenvalue weighted by Gasteiger charge is -2.37. The fourth-order valence-electron chi connectivity index (χ4n) is 3.10. The normalized spacial score (nSPS) is 44.4. The molecule has 3 unspecified atom stereocenters. The fourth-order valence-corrected chi connectivity index (χ4v) is 3.10. The number of aliphatic hydroxyl groups is 2. The van der Waals surface area contributed by atoms with E-state index in [-0.39, 0.29) is 5.92 Å². The van der Waals surface area contributed by atoms with Gasteiger partial charge in [0, 0.05) is 18.8 Å². The van der Waals surface area contributed by atoms with Crippen molar-refractivity contribution in [3.63, 3.8) is 0 Å². The van der Waals surface area contributed by atoms with E-state index in [0.717, 1.165) is 12.8 Å². The van der Waals surface area contributed by atoms with Crippen molar-refractivity contribution in [3.8, 4) is 0 Å². The van der Waals surface area contributed by atoms with Crippen molar-refractivity contribution in [1.82, 2.24) is 0 Å². The van der Waals surface area contributed by atoms with E-state index in [1.165, 1.54) is 0 Å². The molecule has 0 bridgehead atoms. The van der Waals surface area contributed by atoms with Crippen LogP contribution in [0.4, 0.5) is 0 Å². The van der Waals surface area contributed by atoms with Crippen molar-refractivity contribution >= 4 is 0 Å². The van der Waals surface area contributed by atoms with Gasteiger partial charge in [-0.25, -0.2) is 0 Å². The monoisotopic (exact) mass is 272 g/mol. The lowest BCUT2D eigenvalue weighted by molar-refractivity contribution is -0.364. The number of ether oxygens (including phenoxy) is 1. The molecule has 1 saturated carbocycles. The molecule has 2 fully saturated rings. The first-order chi connectivity index (χ1) is 8.93. The van der Waals surface area contributed by atoms with E-state index < -0.39 is 23.8 Å². The summed E-state index contributed by atoms with van der Waals surface area (Å²) in [5.74, 6) is -1.76.